The summed E-state index contributed by atoms with van der Waals surface area (Å²) in [5.41, 5.74) is 24.9. The Labute approximate surface area is 814 Å². The summed E-state index contributed by atoms with van der Waals surface area (Å²) in [5, 5.41) is 24.5. The van der Waals surface area contributed by atoms with Gasteiger partial charge in [-0.3, -0.25) is 0 Å². The zero-order valence-electron chi connectivity index (χ0n) is 75.1. The van der Waals surface area contributed by atoms with Gasteiger partial charge in [0, 0.05) is 148 Å². The number of nitrogens with zero attached hydrogens (tertiary/aromatic N) is 8. The molecule has 140 heavy (non-hydrogen) atoms. The molecule has 8 aromatic heterocycles. The minimum atomic E-state index is 0.870. The molecule has 22 aromatic carbocycles. The predicted octanol–water partition coefficient (Wildman–Crippen LogP) is 35.8. The van der Waals surface area contributed by atoms with Crippen LogP contribution in [0.15, 0.2) is 465 Å². The largest absolute Gasteiger partial charge is 0.455 e. The maximum atomic E-state index is 6.31. The lowest BCUT2D eigenvalue weighted by atomic mass is 9.99. The topological polar surface area (TPSA) is 116 Å². The van der Waals surface area contributed by atoms with Gasteiger partial charge in [0.15, 0.2) is 0 Å². The smallest absolute Gasteiger partial charge is 0.143 e. The number of thiophene rings is 3. The van der Waals surface area contributed by atoms with E-state index in [4.69, 9.17) is 44.3 Å². The molecule has 0 aliphatic rings. The van der Waals surface area contributed by atoms with E-state index in [0.29, 0.717) is 0 Å². The molecular weight excluding hydrogens is 1760 g/mol. The summed E-state index contributed by atoms with van der Waals surface area (Å²) in [6.07, 6.45) is 0. The van der Waals surface area contributed by atoms with Crippen molar-refractivity contribution in [3.8, 4) is 90.1 Å². The van der Waals surface area contributed by atoms with E-state index in [9.17, 15) is 0 Å². The molecule has 0 spiro atoms. The first kappa shape index (κ1) is 81.7. The zero-order chi connectivity index (χ0) is 92.2. The average molecular weight is 1840 g/mol. The zero-order valence-corrected chi connectivity index (χ0v) is 77.5. The molecule has 0 saturated heterocycles. The number of aromatic nitrogens is 8. The molecule has 12 heteroatoms. The van der Waals surface area contributed by atoms with Crippen LogP contribution in [0.25, 0.3) is 281 Å². The highest BCUT2D eigenvalue weighted by atomic mass is 32.1. The molecule has 0 unspecified atom stereocenters. The number of fused-ring (bicyclic) bond motifs is 28. The van der Waals surface area contributed by atoms with Crippen LogP contribution in [0.4, 0.5) is 0 Å². The van der Waals surface area contributed by atoms with Crippen molar-refractivity contribution in [2.45, 2.75) is 0 Å². The number of hydrogen-bond acceptors (Lipinski definition) is 12. The number of hydrogen-bond donors (Lipinski definition) is 0. The lowest BCUT2D eigenvalue weighted by Crippen LogP contribution is -1.96. The van der Waals surface area contributed by atoms with E-state index in [2.05, 4.69) is 364 Å². The maximum absolute atomic E-state index is 6.31. The van der Waals surface area contributed by atoms with Crippen LogP contribution in [0.2, 0.25) is 0 Å². The highest BCUT2D eigenvalue weighted by Crippen LogP contribution is 2.48. The number of rotatable bonds is 8. The standard InChI is InChI=1S/2C34H20N2S.C30H18N2O.C30H18N2S/c1-2-9-23(10-3-1)31-32(35-29-19-17-21-8-4-5-11-25(21)33(29)36-31)24-15-14-22-16-18-27-26-12-6-7-13-30(26)37-34(27)28(22)20-24;1-2-9-23(10-3-1)31-32(36-33-25-11-5-4-8-21(25)17-19-29(33)35-31)24-15-14-22-16-18-27-26-12-6-7-13-30(26)37-34(27)28(22)20-24;2*1-2-8-20(9-3-1)28-29(32-26-12-6-5-11-25(26)31-28)21-15-14-19-16-17-23-22-10-4-7-13-27(22)33-30(23)24(19)18-21/h2*1-20H;2*1-18H. The minimum absolute atomic E-state index is 0.870. The minimum Gasteiger partial charge on any atom is -0.455 e. The third kappa shape index (κ3) is 14.4. The van der Waals surface area contributed by atoms with Gasteiger partial charge in [0.2, 0.25) is 0 Å². The van der Waals surface area contributed by atoms with Crippen LogP contribution in [-0.2, 0) is 0 Å². The Morgan fingerprint density at radius 1 is 0.150 bits per heavy atom. The van der Waals surface area contributed by atoms with Gasteiger partial charge in [0.25, 0.3) is 0 Å². The molecule has 0 bridgehead atoms. The summed E-state index contributed by atoms with van der Waals surface area (Å²) < 4.78 is 14.2. The van der Waals surface area contributed by atoms with Crippen LogP contribution in [0, 0.1) is 0 Å². The van der Waals surface area contributed by atoms with Gasteiger partial charge in [-0.05, 0) is 123 Å². The van der Waals surface area contributed by atoms with Gasteiger partial charge in [0.05, 0.1) is 89.7 Å². The van der Waals surface area contributed by atoms with Gasteiger partial charge in [-0.25, -0.2) is 39.9 Å². The second-order valence-corrected chi connectivity index (χ2v) is 38.5. The SMILES string of the molecule is c1ccc(-c2nc3c(ccc4ccccc43)nc2-c2ccc3ccc4c5ccccc5sc4c3c2)cc1.c1ccc(-c2nc3ccc4ccccc4c3nc2-c2ccc3ccc4c5ccccc5sc4c3c2)cc1.c1ccc(-c2nc3ccccc3nc2-c2ccc3ccc4c5ccccc5oc4c3c2)cc1.c1ccc(-c2nc3ccccc3nc2-c2ccc3ccc4c5ccccc5sc4c3c2)cc1. The second kappa shape index (κ2) is 34.2. The molecular formula is C128H76N8OS3. The van der Waals surface area contributed by atoms with Gasteiger partial charge in [-0.1, -0.05) is 370 Å². The van der Waals surface area contributed by atoms with E-state index in [1.807, 2.05) is 131 Å². The summed E-state index contributed by atoms with van der Waals surface area (Å²) in [6, 6.07) is 161. The average Bonchev–Trinajstić information content (AvgIpc) is 1.50. The third-order valence-electron chi connectivity index (χ3n) is 27.0. The fourth-order valence-electron chi connectivity index (χ4n) is 20.2. The molecule has 0 aliphatic heterocycles. The Kier molecular flexibility index (Phi) is 20.0. The Bertz CT molecular complexity index is 9980. The monoisotopic (exact) mass is 1840 g/mol. The van der Waals surface area contributed by atoms with Gasteiger partial charge in [-0.2, -0.15) is 0 Å². The lowest BCUT2D eigenvalue weighted by molar-refractivity contribution is 0.672. The van der Waals surface area contributed by atoms with E-state index in [1.54, 1.807) is 0 Å². The van der Waals surface area contributed by atoms with Gasteiger partial charge < -0.3 is 4.42 Å². The fourth-order valence-corrected chi connectivity index (χ4v) is 23.9. The van der Waals surface area contributed by atoms with Gasteiger partial charge in [0.1, 0.15) is 11.2 Å². The Hall–Kier alpha value is -17.8. The summed E-state index contributed by atoms with van der Waals surface area (Å²) in [7, 11) is 0. The van der Waals surface area contributed by atoms with Crippen molar-refractivity contribution in [1.29, 1.82) is 0 Å². The van der Waals surface area contributed by atoms with Crippen LogP contribution >= 0.6 is 34.0 Å². The normalized spacial score (nSPS) is 11.7. The van der Waals surface area contributed by atoms with E-state index in [1.165, 1.54) is 104 Å². The number of para-hydroxylation sites is 5. The first-order valence-electron chi connectivity index (χ1n) is 46.9. The number of furan rings is 1. The molecule has 0 amide bonds. The van der Waals surface area contributed by atoms with Gasteiger partial charge in [-0.15, -0.1) is 34.0 Å². The molecule has 0 N–H and O–H groups in total. The summed E-state index contributed by atoms with van der Waals surface area (Å²) in [6.45, 7) is 0. The second-order valence-electron chi connectivity index (χ2n) is 35.3. The molecule has 0 radical (unpaired) electrons. The quantitative estimate of drug-likeness (QED) is 0.137. The molecule has 30 aromatic rings. The first-order valence-corrected chi connectivity index (χ1v) is 49.3. The summed E-state index contributed by atoms with van der Waals surface area (Å²) in [4.78, 5) is 41.2. The summed E-state index contributed by atoms with van der Waals surface area (Å²) >= 11 is 5.59. The lowest BCUT2D eigenvalue weighted by Gasteiger charge is -2.13. The molecule has 0 saturated carbocycles. The van der Waals surface area contributed by atoms with Crippen molar-refractivity contribution in [2.75, 3.05) is 0 Å². The third-order valence-corrected chi connectivity index (χ3v) is 30.6. The molecule has 0 aliphatic carbocycles. The van der Waals surface area contributed by atoms with Crippen LogP contribution in [-0.4, -0.2) is 39.9 Å². The van der Waals surface area contributed by atoms with Crippen LogP contribution in [0.1, 0.15) is 0 Å². The van der Waals surface area contributed by atoms with Crippen LogP contribution < -0.4 is 0 Å². The summed E-state index contributed by atoms with van der Waals surface area (Å²) in [5.74, 6) is 0. The van der Waals surface area contributed by atoms with Crippen molar-refractivity contribution in [3.63, 3.8) is 0 Å². The predicted molar refractivity (Wildman–Crippen MR) is 593 cm³/mol. The van der Waals surface area contributed by atoms with Gasteiger partial charge >= 0.3 is 0 Å². The molecule has 0 fully saturated rings. The van der Waals surface area contributed by atoms with Crippen LogP contribution in [0.3, 0.4) is 0 Å². The van der Waals surface area contributed by atoms with Crippen molar-refractivity contribution >= 4 is 225 Å². The Morgan fingerprint density at radius 2 is 0.400 bits per heavy atom. The molecule has 30 rings (SSSR count). The number of benzene rings is 22. The maximum Gasteiger partial charge on any atom is 0.143 e. The van der Waals surface area contributed by atoms with Crippen molar-refractivity contribution in [3.05, 3.63) is 461 Å². The van der Waals surface area contributed by atoms with E-state index in [0.717, 1.165) is 178 Å². The molecule has 652 valence electrons. The van der Waals surface area contributed by atoms with E-state index >= 15 is 0 Å². The van der Waals surface area contributed by atoms with Crippen LogP contribution in [0.5, 0.6) is 0 Å². The fraction of sp³-hybridized carbons (Fsp3) is 0. The highest BCUT2D eigenvalue weighted by Gasteiger charge is 2.24. The Balaban J connectivity index is 0.0000000939. The van der Waals surface area contributed by atoms with Crippen molar-refractivity contribution in [1.82, 2.24) is 39.9 Å². The highest BCUT2D eigenvalue weighted by molar-refractivity contribution is 7.27. The van der Waals surface area contributed by atoms with E-state index < -0.39 is 0 Å². The van der Waals surface area contributed by atoms with Crippen molar-refractivity contribution in [2.24, 2.45) is 0 Å². The molecule has 9 nitrogen and oxygen atoms in total. The molecule has 8 heterocycles. The first-order chi connectivity index (χ1) is 69.4. The van der Waals surface area contributed by atoms with Crippen molar-refractivity contribution < 1.29 is 4.42 Å². The molecule has 0 atom stereocenters. The Morgan fingerprint density at radius 3 is 0.771 bits per heavy atom. The van der Waals surface area contributed by atoms with E-state index in [-0.39, 0.29) is 0 Å².